The Morgan fingerprint density at radius 3 is 3.05 bits per heavy atom. The lowest BCUT2D eigenvalue weighted by Crippen LogP contribution is -2.26. The molecule has 1 aromatic heterocycles. The minimum absolute atomic E-state index is 0.232. The van der Waals surface area contributed by atoms with Crippen LogP contribution < -0.4 is 5.32 Å². The number of carbonyl (C=O) groups is 1. The highest BCUT2D eigenvalue weighted by Crippen LogP contribution is 2.20. The van der Waals surface area contributed by atoms with Gasteiger partial charge < -0.3 is 5.32 Å². The third-order valence-electron chi connectivity index (χ3n) is 3.24. The minimum atomic E-state index is -0.232. The van der Waals surface area contributed by atoms with Gasteiger partial charge >= 0.3 is 0 Å². The quantitative estimate of drug-likeness (QED) is 0.514. The van der Waals surface area contributed by atoms with Gasteiger partial charge in [0.1, 0.15) is 0 Å². The molecule has 0 atom stereocenters. The van der Waals surface area contributed by atoms with Crippen LogP contribution in [0.15, 0.2) is 23.0 Å². The van der Waals surface area contributed by atoms with Crippen molar-refractivity contribution in [3.8, 4) is 0 Å². The summed E-state index contributed by atoms with van der Waals surface area (Å²) in [6.07, 6.45) is 11.4. The first-order valence-electron chi connectivity index (χ1n) is 6.73. The van der Waals surface area contributed by atoms with Gasteiger partial charge in [0, 0.05) is 6.54 Å². The van der Waals surface area contributed by atoms with Crippen LogP contribution in [0.3, 0.4) is 0 Å². The van der Waals surface area contributed by atoms with Crippen molar-refractivity contribution in [3.05, 3.63) is 28.6 Å². The number of nitrogens with one attached hydrogen (secondary N) is 1. The number of amides is 1. The molecule has 0 aromatic carbocycles. The maximum Gasteiger partial charge on any atom is 0.271 e. The molecule has 0 radical (unpaired) electrons. The second-order valence-electron chi connectivity index (χ2n) is 4.67. The van der Waals surface area contributed by atoms with Crippen molar-refractivity contribution in [1.29, 1.82) is 0 Å². The molecule has 0 bridgehead atoms. The molecular formula is C14H18ClN3OS. The van der Waals surface area contributed by atoms with Gasteiger partial charge in [-0.25, -0.2) is 9.97 Å². The Morgan fingerprint density at radius 1 is 1.50 bits per heavy atom. The maximum absolute atomic E-state index is 12.1. The molecule has 0 fully saturated rings. The first-order chi connectivity index (χ1) is 9.70. The molecule has 0 aliphatic heterocycles. The van der Waals surface area contributed by atoms with Gasteiger partial charge in [-0.05, 0) is 38.4 Å². The SMILES string of the molecule is CSc1ncc(Cl)c(C(=O)NCCC2=CCCCC2)n1. The molecule has 0 unspecified atom stereocenters. The Balaban J connectivity index is 1.89. The Labute approximate surface area is 128 Å². The van der Waals surface area contributed by atoms with Gasteiger partial charge in [0.15, 0.2) is 10.9 Å². The predicted octanol–water partition coefficient (Wildman–Crippen LogP) is 3.47. The summed E-state index contributed by atoms with van der Waals surface area (Å²) in [5.74, 6) is -0.232. The standard InChI is InChI=1S/C14H18ClN3OS/c1-20-14-17-9-11(15)12(18-14)13(19)16-8-7-10-5-3-2-4-6-10/h5,9H,2-4,6-8H2,1H3,(H,16,19). The summed E-state index contributed by atoms with van der Waals surface area (Å²) in [5, 5.41) is 3.71. The van der Waals surface area contributed by atoms with Crippen molar-refractivity contribution < 1.29 is 4.79 Å². The van der Waals surface area contributed by atoms with E-state index in [2.05, 4.69) is 21.4 Å². The number of nitrogens with zero attached hydrogens (tertiary/aromatic N) is 2. The van der Waals surface area contributed by atoms with Gasteiger partial charge in [-0.15, -0.1) is 0 Å². The van der Waals surface area contributed by atoms with Gasteiger partial charge in [-0.3, -0.25) is 4.79 Å². The molecule has 20 heavy (non-hydrogen) atoms. The summed E-state index contributed by atoms with van der Waals surface area (Å²) >= 11 is 7.35. The summed E-state index contributed by atoms with van der Waals surface area (Å²) in [6.45, 7) is 0.625. The van der Waals surface area contributed by atoms with Gasteiger partial charge in [0.2, 0.25) is 0 Å². The Hall–Kier alpha value is -1.07. The summed E-state index contributed by atoms with van der Waals surface area (Å²) in [7, 11) is 0. The number of carbonyl (C=O) groups excluding carboxylic acids is 1. The van der Waals surface area contributed by atoms with Crippen LogP contribution in [0.1, 0.15) is 42.6 Å². The lowest BCUT2D eigenvalue weighted by atomic mass is 9.97. The van der Waals surface area contributed by atoms with Gasteiger partial charge in [-0.1, -0.05) is 35.0 Å². The zero-order valence-electron chi connectivity index (χ0n) is 11.5. The van der Waals surface area contributed by atoms with Crippen molar-refractivity contribution in [2.24, 2.45) is 0 Å². The Bertz CT molecular complexity index is 519. The van der Waals surface area contributed by atoms with Crippen LogP contribution >= 0.6 is 23.4 Å². The second-order valence-corrected chi connectivity index (χ2v) is 5.85. The van der Waals surface area contributed by atoms with Crippen LogP contribution in [-0.4, -0.2) is 28.7 Å². The molecule has 1 N–H and O–H groups in total. The van der Waals surface area contributed by atoms with E-state index >= 15 is 0 Å². The third kappa shape index (κ3) is 4.21. The van der Waals surface area contributed by atoms with Crippen molar-refractivity contribution in [1.82, 2.24) is 15.3 Å². The van der Waals surface area contributed by atoms with Crippen LogP contribution in [-0.2, 0) is 0 Å². The van der Waals surface area contributed by atoms with Crippen molar-refractivity contribution in [2.45, 2.75) is 37.3 Å². The first kappa shape index (κ1) is 15.3. The molecule has 1 heterocycles. The number of thioether (sulfide) groups is 1. The van der Waals surface area contributed by atoms with Crippen molar-refractivity contribution in [3.63, 3.8) is 0 Å². The van der Waals surface area contributed by atoms with Crippen LogP contribution in [0.2, 0.25) is 5.02 Å². The highest BCUT2D eigenvalue weighted by atomic mass is 35.5. The topological polar surface area (TPSA) is 54.9 Å². The number of halogens is 1. The van der Waals surface area contributed by atoms with E-state index in [0.717, 1.165) is 19.3 Å². The zero-order chi connectivity index (χ0) is 14.4. The van der Waals surface area contributed by atoms with E-state index in [-0.39, 0.29) is 16.6 Å². The normalized spacial score (nSPS) is 14.8. The van der Waals surface area contributed by atoms with Gasteiger partial charge in [-0.2, -0.15) is 0 Å². The predicted molar refractivity (Wildman–Crippen MR) is 82.3 cm³/mol. The van der Waals surface area contributed by atoms with Crippen molar-refractivity contribution in [2.75, 3.05) is 12.8 Å². The molecule has 0 spiro atoms. The van der Waals surface area contributed by atoms with E-state index in [1.807, 2.05) is 6.26 Å². The summed E-state index contributed by atoms with van der Waals surface area (Å²) < 4.78 is 0. The van der Waals surface area contributed by atoms with Gasteiger partial charge in [0.05, 0.1) is 11.2 Å². The van der Waals surface area contributed by atoms with E-state index in [9.17, 15) is 4.79 Å². The van der Waals surface area contributed by atoms with Gasteiger partial charge in [0.25, 0.3) is 5.91 Å². The zero-order valence-corrected chi connectivity index (χ0v) is 13.1. The fourth-order valence-corrected chi connectivity index (χ4v) is 2.68. The Kier molecular flexibility index (Phi) is 5.86. The smallest absolute Gasteiger partial charge is 0.271 e. The molecule has 1 aliphatic rings. The highest BCUT2D eigenvalue weighted by molar-refractivity contribution is 7.98. The lowest BCUT2D eigenvalue weighted by molar-refractivity contribution is 0.0948. The molecule has 0 saturated carbocycles. The summed E-state index contributed by atoms with van der Waals surface area (Å²) in [4.78, 5) is 20.2. The molecule has 4 nitrogen and oxygen atoms in total. The lowest BCUT2D eigenvalue weighted by Gasteiger charge is -2.13. The molecule has 0 saturated heterocycles. The third-order valence-corrected chi connectivity index (χ3v) is 4.07. The van der Waals surface area contributed by atoms with E-state index in [4.69, 9.17) is 11.6 Å². The van der Waals surface area contributed by atoms with Crippen LogP contribution in [0.4, 0.5) is 0 Å². The summed E-state index contributed by atoms with van der Waals surface area (Å²) in [5.41, 5.74) is 1.69. The van der Waals surface area contributed by atoms with E-state index < -0.39 is 0 Å². The maximum atomic E-state index is 12.1. The van der Waals surface area contributed by atoms with E-state index in [0.29, 0.717) is 11.7 Å². The Morgan fingerprint density at radius 2 is 2.35 bits per heavy atom. The fourth-order valence-electron chi connectivity index (χ4n) is 2.16. The molecule has 2 rings (SSSR count). The monoisotopic (exact) mass is 311 g/mol. The van der Waals surface area contributed by atoms with Crippen LogP contribution in [0.25, 0.3) is 0 Å². The second kappa shape index (κ2) is 7.64. The molecule has 1 amide bonds. The number of hydrogen-bond donors (Lipinski definition) is 1. The van der Waals surface area contributed by atoms with E-state index in [1.165, 1.54) is 36.4 Å². The largest absolute Gasteiger partial charge is 0.350 e. The van der Waals surface area contributed by atoms with Crippen molar-refractivity contribution >= 4 is 29.3 Å². The number of rotatable bonds is 5. The molecular weight excluding hydrogens is 294 g/mol. The minimum Gasteiger partial charge on any atom is -0.350 e. The summed E-state index contributed by atoms with van der Waals surface area (Å²) in [6, 6.07) is 0. The molecule has 6 heteroatoms. The first-order valence-corrected chi connectivity index (χ1v) is 8.33. The number of aromatic nitrogens is 2. The fraction of sp³-hybridized carbons (Fsp3) is 0.500. The average molecular weight is 312 g/mol. The highest BCUT2D eigenvalue weighted by Gasteiger charge is 2.14. The van der Waals surface area contributed by atoms with E-state index in [1.54, 1.807) is 0 Å². The molecule has 108 valence electrons. The van der Waals surface area contributed by atoms with Crippen LogP contribution in [0.5, 0.6) is 0 Å². The number of hydrogen-bond acceptors (Lipinski definition) is 4. The molecule has 1 aliphatic carbocycles. The number of allylic oxidation sites excluding steroid dienone is 1. The average Bonchev–Trinajstić information content (AvgIpc) is 2.48. The molecule has 1 aromatic rings. The van der Waals surface area contributed by atoms with Crippen LogP contribution in [0, 0.1) is 0 Å².